The largest absolute Gasteiger partial charge is 0.327 e. The summed E-state index contributed by atoms with van der Waals surface area (Å²) in [5, 5.41) is 0. The first kappa shape index (κ1) is 13.9. The van der Waals surface area contributed by atoms with Crippen molar-refractivity contribution in [3.63, 3.8) is 0 Å². The number of hydrogen-bond acceptors (Lipinski definition) is 3. The third-order valence-electron chi connectivity index (χ3n) is 2.68. The summed E-state index contributed by atoms with van der Waals surface area (Å²) >= 11 is 0. The zero-order chi connectivity index (χ0) is 11.1. The van der Waals surface area contributed by atoms with E-state index in [4.69, 9.17) is 5.73 Å². The number of hydrogen-bond donors (Lipinski definition) is 1. The van der Waals surface area contributed by atoms with Gasteiger partial charge in [0.2, 0.25) is 0 Å². The second-order valence-electron chi connectivity index (χ2n) is 4.44. The van der Waals surface area contributed by atoms with Crippen LogP contribution in [0.25, 0.3) is 0 Å². The van der Waals surface area contributed by atoms with Gasteiger partial charge < -0.3 is 10.6 Å². The summed E-state index contributed by atoms with van der Waals surface area (Å²) in [6.07, 6.45) is 1.20. The highest BCUT2D eigenvalue weighted by Crippen LogP contribution is 2.03. The Morgan fingerprint density at radius 3 is 2.00 bits per heavy atom. The first-order valence-electron chi connectivity index (χ1n) is 5.63. The molecule has 0 aromatic carbocycles. The smallest absolute Gasteiger partial charge is 0.0216 e. The molecule has 0 aromatic rings. The van der Waals surface area contributed by atoms with Crippen LogP contribution in [0.2, 0.25) is 0 Å². The lowest BCUT2D eigenvalue weighted by atomic mass is 10.1. The van der Waals surface area contributed by atoms with E-state index in [9.17, 15) is 0 Å². The molecule has 3 nitrogen and oxygen atoms in total. The molecule has 2 unspecified atom stereocenters. The molecule has 0 spiro atoms. The van der Waals surface area contributed by atoms with Crippen LogP contribution in [-0.4, -0.2) is 55.6 Å². The molecule has 0 aliphatic carbocycles. The van der Waals surface area contributed by atoms with Gasteiger partial charge in [0.15, 0.2) is 0 Å². The quantitative estimate of drug-likeness (QED) is 0.667. The van der Waals surface area contributed by atoms with E-state index in [0.717, 1.165) is 19.6 Å². The van der Waals surface area contributed by atoms with Gasteiger partial charge in [0.05, 0.1) is 0 Å². The maximum atomic E-state index is 5.92. The molecule has 0 aliphatic heterocycles. The molecule has 0 aromatic heterocycles. The lowest BCUT2D eigenvalue weighted by molar-refractivity contribution is 0.172. The van der Waals surface area contributed by atoms with Gasteiger partial charge in [-0.1, -0.05) is 6.92 Å². The van der Waals surface area contributed by atoms with Gasteiger partial charge in [-0.3, -0.25) is 4.90 Å². The van der Waals surface area contributed by atoms with Crippen LogP contribution in [0.3, 0.4) is 0 Å². The van der Waals surface area contributed by atoms with Gasteiger partial charge in [0.1, 0.15) is 0 Å². The molecular formula is C11H27N3. The molecule has 0 heterocycles. The molecule has 14 heavy (non-hydrogen) atoms. The van der Waals surface area contributed by atoms with Crippen molar-refractivity contribution in [3.8, 4) is 0 Å². The van der Waals surface area contributed by atoms with E-state index in [2.05, 4.69) is 44.7 Å². The third kappa shape index (κ3) is 5.58. The van der Waals surface area contributed by atoms with Crippen molar-refractivity contribution in [2.75, 3.05) is 33.7 Å². The van der Waals surface area contributed by atoms with Crippen molar-refractivity contribution >= 4 is 0 Å². The topological polar surface area (TPSA) is 32.5 Å². The average molecular weight is 201 g/mol. The first-order valence-corrected chi connectivity index (χ1v) is 5.63. The number of rotatable bonds is 7. The Hall–Kier alpha value is -0.120. The van der Waals surface area contributed by atoms with Crippen LogP contribution in [0.5, 0.6) is 0 Å². The fraction of sp³-hybridized carbons (Fsp3) is 1.00. The lowest BCUT2D eigenvalue weighted by Crippen LogP contribution is -2.47. The monoisotopic (exact) mass is 201 g/mol. The van der Waals surface area contributed by atoms with Gasteiger partial charge in [0, 0.05) is 25.2 Å². The van der Waals surface area contributed by atoms with Crippen LogP contribution >= 0.6 is 0 Å². The summed E-state index contributed by atoms with van der Waals surface area (Å²) in [5.74, 6) is 0. The lowest BCUT2D eigenvalue weighted by Gasteiger charge is -2.32. The Labute approximate surface area is 89.2 Å². The highest BCUT2D eigenvalue weighted by Gasteiger charge is 2.16. The number of nitrogens with zero attached hydrogens (tertiary/aromatic N) is 2. The SMILES string of the molecule is CCCN(CCN(C)C)C(C)C(C)N. The van der Waals surface area contributed by atoms with Gasteiger partial charge in [0.25, 0.3) is 0 Å². The average Bonchev–Trinajstić information content (AvgIpc) is 2.10. The van der Waals surface area contributed by atoms with Crippen LogP contribution in [0.4, 0.5) is 0 Å². The van der Waals surface area contributed by atoms with Crippen molar-refractivity contribution in [2.24, 2.45) is 5.73 Å². The van der Waals surface area contributed by atoms with E-state index >= 15 is 0 Å². The molecule has 3 heteroatoms. The minimum atomic E-state index is 0.253. The Bertz CT molecular complexity index is 134. The molecule has 0 bridgehead atoms. The maximum Gasteiger partial charge on any atom is 0.0216 e. The number of nitrogens with two attached hydrogens (primary N) is 1. The van der Waals surface area contributed by atoms with E-state index in [1.807, 2.05) is 0 Å². The number of likely N-dealkylation sites (N-methyl/N-ethyl adjacent to an activating group) is 1. The summed E-state index contributed by atoms with van der Waals surface area (Å²) < 4.78 is 0. The normalized spacial score (nSPS) is 16.3. The van der Waals surface area contributed by atoms with Crippen LogP contribution in [-0.2, 0) is 0 Å². The standard InChI is InChI=1S/C11H27N3/c1-6-7-14(9-8-13(4)5)11(3)10(2)12/h10-11H,6-9,12H2,1-5H3. The Kier molecular flexibility index (Phi) is 7.15. The predicted octanol–water partition coefficient (Wildman–Crippen LogP) is 0.996. The molecule has 86 valence electrons. The first-order chi connectivity index (χ1) is 6.49. The van der Waals surface area contributed by atoms with E-state index in [1.54, 1.807) is 0 Å². The van der Waals surface area contributed by atoms with Gasteiger partial charge in [-0.05, 0) is 40.9 Å². The van der Waals surface area contributed by atoms with E-state index in [1.165, 1.54) is 6.42 Å². The van der Waals surface area contributed by atoms with Gasteiger partial charge in [-0.25, -0.2) is 0 Å². The van der Waals surface area contributed by atoms with Crippen molar-refractivity contribution in [1.82, 2.24) is 9.80 Å². The Morgan fingerprint density at radius 1 is 1.07 bits per heavy atom. The second kappa shape index (κ2) is 7.21. The highest BCUT2D eigenvalue weighted by atomic mass is 15.2. The van der Waals surface area contributed by atoms with E-state index in [-0.39, 0.29) is 6.04 Å². The van der Waals surface area contributed by atoms with Crippen LogP contribution in [0.1, 0.15) is 27.2 Å². The van der Waals surface area contributed by atoms with Gasteiger partial charge >= 0.3 is 0 Å². The van der Waals surface area contributed by atoms with Crippen molar-refractivity contribution < 1.29 is 0 Å². The van der Waals surface area contributed by atoms with Gasteiger partial charge in [-0.2, -0.15) is 0 Å². The van der Waals surface area contributed by atoms with Gasteiger partial charge in [-0.15, -0.1) is 0 Å². The van der Waals surface area contributed by atoms with Crippen LogP contribution in [0, 0.1) is 0 Å². The van der Waals surface area contributed by atoms with E-state index < -0.39 is 0 Å². The summed E-state index contributed by atoms with van der Waals surface area (Å²) in [6.45, 7) is 9.90. The van der Waals surface area contributed by atoms with Crippen molar-refractivity contribution in [2.45, 2.75) is 39.3 Å². The molecule has 0 amide bonds. The second-order valence-corrected chi connectivity index (χ2v) is 4.44. The molecular weight excluding hydrogens is 174 g/mol. The fourth-order valence-electron chi connectivity index (χ4n) is 1.47. The molecule has 0 radical (unpaired) electrons. The van der Waals surface area contributed by atoms with Crippen molar-refractivity contribution in [1.29, 1.82) is 0 Å². The molecule has 0 aliphatic rings. The van der Waals surface area contributed by atoms with Crippen LogP contribution < -0.4 is 5.73 Å². The summed E-state index contributed by atoms with van der Waals surface area (Å²) in [6, 6.07) is 0.735. The van der Waals surface area contributed by atoms with E-state index in [0.29, 0.717) is 6.04 Å². The minimum Gasteiger partial charge on any atom is -0.327 e. The zero-order valence-electron chi connectivity index (χ0n) is 10.5. The fourth-order valence-corrected chi connectivity index (χ4v) is 1.47. The Morgan fingerprint density at radius 2 is 1.64 bits per heavy atom. The van der Waals surface area contributed by atoms with Crippen LogP contribution in [0.15, 0.2) is 0 Å². The molecule has 0 fully saturated rings. The summed E-state index contributed by atoms with van der Waals surface area (Å²) in [7, 11) is 4.22. The Balaban J connectivity index is 4.00. The molecule has 0 saturated carbocycles. The minimum absolute atomic E-state index is 0.253. The predicted molar refractivity (Wildman–Crippen MR) is 63.5 cm³/mol. The molecule has 2 N–H and O–H groups in total. The highest BCUT2D eigenvalue weighted by molar-refractivity contribution is 4.75. The molecule has 2 atom stereocenters. The maximum absolute atomic E-state index is 5.92. The third-order valence-corrected chi connectivity index (χ3v) is 2.68. The zero-order valence-corrected chi connectivity index (χ0v) is 10.5. The summed E-state index contributed by atoms with van der Waals surface area (Å²) in [5.41, 5.74) is 5.92. The van der Waals surface area contributed by atoms with Crippen molar-refractivity contribution in [3.05, 3.63) is 0 Å². The molecule has 0 saturated heterocycles. The summed E-state index contributed by atoms with van der Waals surface area (Å²) in [4.78, 5) is 4.70. The molecule has 0 rings (SSSR count).